The van der Waals surface area contributed by atoms with Gasteiger partial charge in [-0.3, -0.25) is 0 Å². The number of benzene rings is 2. The molecular formula is C15H15BrClNO. The second-order valence-corrected chi connectivity index (χ2v) is 5.53. The van der Waals surface area contributed by atoms with Crippen molar-refractivity contribution in [2.45, 2.75) is 13.0 Å². The van der Waals surface area contributed by atoms with Crippen molar-refractivity contribution in [3.8, 4) is 5.75 Å². The Hall–Kier alpha value is -1.03. The van der Waals surface area contributed by atoms with E-state index in [9.17, 15) is 0 Å². The van der Waals surface area contributed by atoms with Gasteiger partial charge in [0.25, 0.3) is 0 Å². The smallest absolute Gasteiger partial charge is 0.119 e. The van der Waals surface area contributed by atoms with Crippen LogP contribution in [0.1, 0.15) is 11.1 Å². The Morgan fingerprint density at radius 1 is 1.11 bits per heavy atom. The summed E-state index contributed by atoms with van der Waals surface area (Å²) in [6, 6.07) is 13.8. The van der Waals surface area contributed by atoms with Crippen molar-refractivity contribution in [2.75, 3.05) is 6.54 Å². The van der Waals surface area contributed by atoms with Gasteiger partial charge in [-0.05, 0) is 42.8 Å². The molecule has 0 aliphatic carbocycles. The van der Waals surface area contributed by atoms with E-state index in [-0.39, 0.29) is 0 Å². The number of nitrogens with two attached hydrogens (primary N) is 1. The number of hydrogen-bond acceptors (Lipinski definition) is 2. The minimum absolute atomic E-state index is 0.461. The number of halogens is 2. The first-order chi connectivity index (χ1) is 9.19. The molecule has 2 nitrogen and oxygen atoms in total. The maximum atomic E-state index is 6.14. The Balaban J connectivity index is 1.98. The molecule has 0 radical (unpaired) electrons. The SMILES string of the molecule is NCCc1ccc(OCc2ccc(Br)cc2Cl)cc1. The minimum Gasteiger partial charge on any atom is -0.489 e. The van der Waals surface area contributed by atoms with E-state index < -0.39 is 0 Å². The van der Waals surface area contributed by atoms with Gasteiger partial charge in [0.2, 0.25) is 0 Å². The largest absolute Gasteiger partial charge is 0.489 e. The highest BCUT2D eigenvalue weighted by molar-refractivity contribution is 9.10. The summed E-state index contributed by atoms with van der Waals surface area (Å²) >= 11 is 9.52. The lowest BCUT2D eigenvalue weighted by molar-refractivity contribution is 0.306. The average Bonchev–Trinajstić information content (AvgIpc) is 2.40. The van der Waals surface area contributed by atoms with Crippen LogP contribution in [0.3, 0.4) is 0 Å². The lowest BCUT2D eigenvalue weighted by Gasteiger charge is -2.09. The molecule has 0 amide bonds. The molecule has 0 aromatic heterocycles. The molecule has 19 heavy (non-hydrogen) atoms. The highest BCUT2D eigenvalue weighted by atomic mass is 79.9. The Labute approximate surface area is 126 Å². The molecule has 0 unspecified atom stereocenters. The predicted molar refractivity (Wildman–Crippen MR) is 82.7 cm³/mol. The number of hydrogen-bond donors (Lipinski definition) is 1. The van der Waals surface area contributed by atoms with Gasteiger partial charge in [-0.15, -0.1) is 0 Å². The van der Waals surface area contributed by atoms with E-state index in [1.54, 1.807) is 0 Å². The molecule has 0 bridgehead atoms. The lowest BCUT2D eigenvalue weighted by atomic mass is 10.1. The van der Waals surface area contributed by atoms with Crippen LogP contribution >= 0.6 is 27.5 Å². The third kappa shape index (κ3) is 4.23. The van der Waals surface area contributed by atoms with Gasteiger partial charge in [-0.1, -0.05) is 45.7 Å². The van der Waals surface area contributed by atoms with E-state index in [0.29, 0.717) is 18.2 Å². The standard InChI is InChI=1S/C15H15BrClNO/c16-13-4-3-12(15(17)9-13)10-19-14-5-1-11(2-6-14)7-8-18/h1-6,9H,7-8,10,18H2. The van der Waals surface area contributed by atoms with Gasteiger partial charge in [-0.2, -0.15) is 0 Å². The zero-order chi connectivity index (χ0) is 13.7. The van der Waals surface area contributed by atoms with Crippen molar-refractivity contribution in [1.82, 2.24) is 0 Å². The molecule has 100 valence electrons. The molecule has 0 atom stereocenters. The number of ether oxygens (including phenoxy) is 1. The Morgan fingerprint density at radius 2 is 1.84 bits per heavy atom. The van der Waals surface area contributed by atoms with Crippen LogP contribution < -0.4 is 10.5 Å². The average molecular weight is 341 g/mol. The topological polar surface area (TPSA) is 35.2 Å². The van der Waals surface area contributed by atoms with Crippen molar-refractivity contribution < 1.29 is 4.74 Å². The highest BCUT2D eigenvalue weighted by Crippen LogP contribution is 2.23. The van der Waals surface area contributed by atoms with Gasteiger partial charge in [0.15, 0.2) is 0 Å². The van der Waals surface area contributed by atoms with E-state index in [0.717, 1.165) is 22.2 Å². The normalized spacial score (nSPS) is 10.5. The van der Waals surface area contributed by atoms with Crippen molar-refractivity contribution in [3.63, 3.8) is 0 Å². The first-order valence-corrected chi connectivity index (χ1v) is 7.22. The van der Waals surface area contributed by atoms with Crippen LogP contribution in [0, 0.1) is 0 Å². The molecule has 2 rings (SSSR count). The third-order valence-corrected chi connectivity index (χ3v) is 3.61. The molecule has 0 fully saturated rings. The molecule has 0 spiro atoms. The second-order valence-electron chi connectivity index (χ2n) is 4.21. The third-order valence-electron chi connectivity index (χ3n) is 2.77. The van der Waals surface area contributed by atoms with E-state index in [1.807, 2.05) is 42.5 Å². The molecule has 2 aromatic carbocycles. The lowest BCUT2D eigenvalue weighted by Crippen LogP contribution is -2.02. The summed E-state index contributed by atoms with van der Waals surface area (Å²) in [4.78, 5) is 0. The van der Waals surface area contributed by atoms with Gasteiger partial charge in [0, 0.05) is 15.1 Å². The van der Waals surface area contributed by atoms with Crippen LogP contribution in [0.2, 0.25) is 5.02 Å². The molecule has 0 saturated heterocycles. The van der Waals surface area contributed by atoms with Crippen molar-refractivity contribution in [2.24, 2.45) is 5.73 Å². The first-order valence-electron chi connectivity index (χ1n) is 6.05. The minimum atomic E-state index is 0.461. The fourth-order valence-corrected chi connectivity index (χ4v) is 2.45. The summed E-state index contributed by atoms with van der Waals surface area (Å²) in [5, 5.41) is 0.703. The molecule has 0 aliphatic rings. The zero-order valence-corrected chi connectivity index (χ0v) is 12.7. The highest BCUT2D eigenvalue weighted by Gasteiger charge is 2.02. The summed E-state index contributed by atoms with van der Waals surface area (Å²) in [6.45, 7) is 1.12. The monoisotopic (exact) mass is 339 g/mol. The summed E-state index contributed by atoms with van der Waals surface area (Å²) in [5.41, 5.74) is 7.70. The summed E-state index contributed by atoms with van der Waals surface area (Å²) < 4.78 is 6.68. The van der Waals surface area contributed by atoms with E-state index in [2.05, 4.69) is 15.9 Å². The maximum Gasteiger partial charge on any atom is 0.119 e. The Bertz CT molecular complexity index is 542. The molecule has 2 aromatic rings. The number of rotatable bonds is 5. The van der Waals surface area contributed by atoms with Gasteiger partial charge in [0.05, 0.1) is 0 Å². The van der Waals surface area contributed by atoms with Gasteiger partial charge < -0.3 is 10.5 Å². The molecule has 0 aliphatic heterocycles. The molecular weight excluding hydrogens is 326 g/mol. The first kappa shape index (κ1) is 14.4. The summed E-state index contributed by atoms with van der Waals surface area (Å²) in [7, 11) is 0. The fourth-order valence-electron chi connectivity index (χ4n) is 1.72. The molecule has 0 heterocycles. The van der Waals surface area contributed by atoms with Crippen LogP contribution in [0.5, 0.6) is 5.75 Å². The molecule has 2 N–H and O–H groups in total. The van der Waals surface area contributed by atoms with Crippen LogP contribution in [0.25, 0.3) is 0 Å². The van der Waals surface area contributed by atoms with E-state index >= 15 is 0 Å². The zero-order valence-electron chi connectivity index (χ0n) is 10.4. The van der Waals surface area contributed by atoms with Crippen molar-refractivity contribution in [3.05, 3.63) is 63.1 Å². The predicted octanol–water partition coefficient (Wildman–Crippen LogP) is 4.18. The second kappa shape index (κ2) is 6.94. The van der Waals surface area contributed by atoms with Gasteiger partial charge in [0.1, 0.15) is 12.4 Å². The Kier molecular flexibility index (Phi) is 5.25. The van der Waals surface area contributed by atoms with Gasteiger partial charge in [-0.25, -0.2) is 0 Å². The molecule has 4 heteroatoms. The Morgan fingerprint density at radius 3 is 2.47 bits per heavy atom. The van der Waals surface area contributed by atoms with Crippen LogP contribution in [0.15, 0.2) is 46.9 Å². The van der Waals surface area contributed by atoms with Crippen molar-refractivity contribution >= 4 is 27.5 Å². The summed E-state index contributed by atoms with van der Waals surface area (Å²) in [5.74, 6) is 0.833. The van der Waals surface area contributed by atoms with E-state index in [1.165, 1.54) is 5.56 Å². The fraction of sp³-hybridized carbons (Fsp3) is 0.200. The summed E-state index contributed by atoms with van der Waals surface area (Å²) in [6.07, 6.45) is 0.888. The van der Waals surface area contributed by atoms with E-state index in [4.69, 9.17) is 22.1 Å². The molecule has 0 saturated carbocycles. The van der Waals surface area contributed by atoms with Crippen LogP contribution in [0.4, 0.5) is 0 Å². The van der Waals surface area contributed by atoms with Crippen LogP contribution in [-0.2, 0) is 13.0 Å². The quantitative estimate of drug-likeness (QED) is 0.886. The van der Waals surface area contributed by atoms with Gasteiger partial charge >= 0.3 is 0 Å². The maximum absolute atomic E-state index is 6.14. The van der Waals surface area contributed by atoms with Crippen LogP contribution in [-0.4, -0.2) is 6.54 Å². The van der Waals surface area contributed by atoms with Crippen molar-refractivity contribution in [1.29, 1.82) is 0 Å².